The Hall–Kier alpha value is -3.87. The molecule has 0 aliphatic carbocycles. The van der Waals surface area contributed by atoms with Crippen LogP contribution < -0.4 is 14.3 Å². The van der Waals surface area contributed by atoms with E-state index in [1.807, 2.05) is 0 Å². The number of carbonyl (C=O) groups is 2. The second-order valence-electron chi connectivity index (χ2n) is 9.05. The Bertz CT molecular complexity index is 1690. The maximum absolute atomic E-state index is 16.0. The molecule has 0 aliphatic heterocycles. The summed E-state index contributed by atoms with van der Waals surface area (Å²) in [5.41, 5.74) is -0.189. The maximum atomic E-state index is 16.0. The van der Waals surface area contributed by atoms with Gasteiger partial charge in [0.2, 0.25) is 40.7 Å². The van der Waals surface area contributed by atoms with Gasteiger partial charge in [0, 0.05) is 4.70 Å². The summed E-state index contributed by atoms with van der Waals surface area (Å²) < 4.78 is 114. The highest BCUT2D eigenvalue weighted by Gasteiger charge is 2.41. The molecule has 0 spiro atoms. The molecule has 228 valence electrons. The van der Waals surface area contributed by atoms with E-state index in [0.717, 1.165) is 17.4 Å². The third kappa shape index (κ3) is 6.87. The average Bonchev–Trinajstić information content (AvgIpc) is 3.43. The molecule has 0 bridgehead atoms. The van der Waals surface area contributed by atoms with Gasteiger partial charge in [0.15, 0.2) is 0 Å². The van der Waals surface area contributed by atoms with Crippen molar-refractivity contribution in [2.75, 3.05) is 6.61 Å². The second-order valence-corrected chi connectivity index (χ2v) is 12.2. The van der Waals surface area contributed by atoms with Gasteiger partial charge in [-0.2, -0.15) is 8.78 Å². The molecule has 4 aromatic rings. The molecular formula is C28H22F6NO6PS. The Labute approximate surface area is 244 Å². The first-order chi connectivity index (χ1) is 20.4. The van der Waals surface area contributed by atoms with Crippen LogP contribution >= 0.6 is 18.9 Å². The summed E-state index contributed by atoms with van der Waals surface area (Å²) in [6.45, 7) is 3.20. The lowest BCUT2D eigenvalue weighted by atomic mass is 10.2. The minimum Gasteiger partial charge on any atom is -0.465 e. The number of thiophene rings is 1. The van der Waals surface area contributed by atoms with Crippen molar-refractivity contribution in [2.45, 2.75) is 32.2 Å². The van der Waals surface area contributed by atoms with Crippen molar-refractivity contribution in [1.29, 1.82) is 0 Å². The van der Waals surface area contributed by atoms with Gasteiger partial charge in [0.25, 0.3) is 0 Å². The Morgan fingerprint density at radius 2 is 1.56 bits per heavy atom. The summed E-state index contributed by atoms with van der Waals surface area (Å²) in [6, 6.07) is 11.4. The van der Waals surface area contributed by atoms with Crippen molar-refractivity contribution in [3.05, 3.63) is 94.1 Å². The monoisotopic (exact) mass is 645 g/mol. The highest BCUT2D eigenvalue weighted by atomic mass is 32.1. The predicted octanol–water partition coefficient (Wildman–Crippen LogP) is 7.99. The lowest BCUT2D eigenvalue weighted by Gasteiger charge is -2.26. The fourth-order valence-corrected chi connectivity index (χ4v) is 6.58. The van der Waals surface area contributed by atoms with Crippen molar-refractivity contribution in [2.24, 2.45) is 0 Å². The molecule has 1 unspecified atom stereocenters. The van der Waals surface area contributed by atoms with Gasteiger partial charge < -0.3 is 14.0 Å². The SMILES string of the molecule is CCCOC(=O)C(C)N[P@](=O)(Oc1ccccc1)[C@H](F)c1ccc2sc(C(=O)Oc3c(F)c(F)c(F)c(F)c3F)cc2c1. The van der Waals surface area contributed by atoms with Crippen LogP contribution in [0, 0.1) is 29.1 Å². The van der Waals surface area contributed by atoms with Gasteiger partial charge in [-0.25, -0.2) is 27.4 Å². The van der Waals surface area contributed by atoms with E-state index in [1.165, 1.54) is 37.3 Å². The molecule has 4 rings (SSSR count). The number of benzene rings is 3. The third-order valence-corrected chi connectivity index (χ3v) is 9.06. The Morgan fingerprint density at radius 1 is 0.930 bits per heavy atom. The normalized spacial score (nSPS) is 14.1. The predicted molar refractivity (Wildman–Crippen MR) is 145 cm³/mol. The van der Waals surface area contributed by atoms with E-state index < -0.39 is 66.2 Å². The van der Waals surface area contributed by atoms with E-state index in [9.17, 15) is 36.1 Å². The minimum atomic E-state index is -4.55. The summed E-state index contributed by atoms with van der Waals surface area (Å²) in [6.07, 6.45) is 0.528. The van der Waals surface area contributed by atoms with Crippen molar-refractivity contribution in [3.8, 4) is 11.5 Å². The van der Waals surface area contributed by atoms with E-state index in [-0.39, 0.29) is 28.2 Å². The Morgan fingerprint density at radius 3 is 2.19 bits per heavy atom. The first-order valence-electron chi connectivity index (χ1n) is 12.6. The van der Waals surface area contributed by atoms with E-state index >= 15 is 4.39 Å². The van der Waals surface area contributed by atoms with Crippen LogP contribution in [0.2, 0.25) is 0 Å². The standard InChI is InChI=1S/C28H22F6NO6PS/c1-3-11-39-27(36)14(2)35-42(38,41-17-7-5-4-6-8-17)26(34)15-9-10-18-16(12-15)13-19(43-18)28(37)40-25-23(32)21(30)20(29)22(31)24(25)33/h4-10,12-14,26H,3,11H2,1-2H3,(H,35,38)/t14?,26-,42+/m0/s1. The highest BCUT2D eigenvalue weighted by Crippen LogP contribution is 2.58. The van der Waals surface area contributed by atoms with Crippen molar-refractivity contribution < 1.29 is 54.5 Å². The van der Waals surface area contributed by atoms with Crippen LogP contribution in [0.5, 0.6) is 11.5 Å². The zero-order valence-electron chi connectivity index (χ0n) is 22.3. The van der Waals surface area contributed by atoms with Crippen LogP contribution in [0.1, 0.15) is 41.4 Å². The topological polar surface area (TPSA) is 90.9 Å². The molecule has 0 radical (unpaired) electrons. The Balaban J connectivity index is 1.63. The summed E-state index contributed by atoms with van der Waals surface area (Å²) in [4.78, 5) is 24.6. The van der Waals surface area contributed by atoms with Crippen molar-refractivity contribution in [3.63, 3.8) is 0 Å². The number of alkyl halides is 1. The lowest BCUT2D eigenvalue weighted by Crippen LogP contribution is -2.35. The number of para-hydroxylation sites is 1. The third-order valence-electron chi connectivity index (χ3n) is 5.84. The molecule has 7 nitrogen and oxygen atoms in total. The molecule has 0 saturated carbocycles. The fraction of sp³-hybridized carbons (Fsp3) is 0.214. The second kappa shape index (κ2) is 13.2. The molecule has 0 fully saturated rings. The summed E-state index contributed by atoms with van der Waals surface area (Å²) in [7, 11) is -4.55. The highest BCUT2D eigenvalue weighted by molar-refractivity contribution is 7.57. The molecule has 1 aromatic heterocycles. The Kier molecular flexibility index (Phi) is 9.83. The van der Waals surface area contributed by atoms with Gasteiger partial charge in [-0.1, -0.05) is 31.2 Å². The van der Waals surface area contributed by atoms with Gasteiger partial charge in [-0.3, -0.25) is 9.36 Å². The smallest absolute Gasteiger partial charge is 0.355 e. The zero-order valence-corrected chi connectivity index (χ0v) is 24.0. The first kappa shape index (κ1) is 32.1. The number of halogens is 6. The number of hydrogen-bond donors (Lipinski definition) is 1. The van der Waals surface area contributed by atoms with Crippen LogP contribution in [0.25, 0.3) is 10.1 Å². The van der Waals surface area contributed by atoms with Crippen LogP contribution in [-0.2, 0) is 14.1 Å². The molecule has 3 atom stereocenters. The largest absolute Gasteiger partial charge is 0.465 e. The van der Waals surface area contributed by atoms with Crippen LogP contribution in [-0.4, -0.2) is 24.6 Å². The summed E-state index contributed by atoms with van der Waals surface area (Å²) in [5.74, 6) is -18.0. The lowest BCUT2D eigenvalue weighted by molar-refractivity contribution is -0.145. The van der Waals surface area contributed by atoms with Crippen LogP contribution in [0.15, 0.2) is 54.6 Å². The number of fused-ring (bicyclic) bond motifs is 1. The number of carbonyl (C=O) groups excluding carboxylic acids is 2. The van der Waals surface area contributed by atoms with Crippen LogP contribution in [0.3, 0.4) is 0 Å². The van der Waals surface area contributed by atoms with Crippen molar-refractivity contribution in [1.82, 2.24) is 5.09 Å². The van der Waals surface area contributed by atoms with Gasteiger partial charge in [-0.05, 0) is 54.6 Å². The summed E-state index contributed by atoms with van der Waals surface area (Å²) >= 11 is 0.720. The van der Waals surface area contributed by atoms with E-state index in [1.54, 1.807) is 25.1 Å². The fourth-order valence-electron chi connectivity index (χ4n) is 3.75. The number of esters is 2. The summed E-state index contributed by atoms with van der Waals surface area (Å²) in [5, 5.41) is 2.62. The first-order valence-corrected chi connectivity index (χ1v) is 15.1. The number of nitrogens with one attached hydrogen (secondary N) is 1. The van der Waals surface area contributed by atoms with E-state index in [2.05, 4.69) is 9.82 Å². The van der Waals surface area contributed by atoms with Gasteiger partial charge >= 0.3 is 19.5 Å². The zero-order chi connectivity index (χ0) is 31.5. The molecular weight excluding hydrogens is 623 g/mol. The minimum absolute atomic E-state index is 0.0462. The number of hydrogen-bond acceptors (Lipinski definition) is 7. The van der Waals surface area contributed by atoms with Crippen molar-refractivity contribution >= 4 is 40.9 Å². The molecule has 1 N–H and O–H groups in total. The molecule has 0 saturated heterocycles. The molecule has 0 amide bonds. The number of rotatable bonds is 11. The maximum Gasteiger partial charge on any atom is 0.355 e. The van der Waals surface area contributed by atoms with Gasteiger partial charge in [0.1, 0.15) is 16.7 Å². The van der Waals surface area contributed by atoms with E-state index in [4.69, 9.17) is 9.26 Å². The van der Waals surface area contributed by atoms with Gasteiger partial charge in [0.05, 0.1) is 6.61 Å². The molecule has 43 heavy (non-hydrogen) atoms. The van der Waals surface area contributed by atoms with Crippen LogP contribution in [0.4, 0.5) is 26.3 Å². The average molecular weight is 646 g/mol. The molecule has 1 heterocycles. The molecule has 0 aliphatic rings. The number of ether oxygens (including phenoxy) is 2. The van der Waals surface area contributed by atoms with Gasteiger partial charge in [-0.15, -0.1) is 11.3 Å². The quantitative estimate of drug-likeness (QED) is 0.0442. The molecule has 3 aromatic carbocycles. The van der Waals surface area contributed by atoms with E-state index in [0.29, 0.717) is 11.1 Å². The molecule has 15 heteroatoms.